The van der Waals surface area contributed by atoms with Crippen LogP contribution in [0.3, 0.4) is 0 Å². The highest BCUT2D eigenvalue weighted by Crippen LogP contribution is 2.42. The molecule has 1 aromatic rings. The number of benzene rings is 1. The van der Waals surface area contributed by atoms with Gasteiger partial charge in [-0.1, -0.05) is 23.7 Å². The number of unbranched alkanes of at least 4 members (excludes halogenated alkanes) is 1. The number of carbonyl (C=O) groups is 1. The van der Waals surface area contributed by atoms with Gasteiger partial charge in [-0.25, -0.2) is 9.18 Å². The summed E-state index contributed by atoms with van der Waals surface area (Å²) in [6.45, 7) is 2.18. The van der Waals surface area contributed by atoms with E-state index in [-0.39, 0.29) is 34.7 Å². The molecule has 2 fully saturated rings. The first-order valence-electron chi connectivity index (χ1n) is 13.8. The number of aliphatic hydroxyl groups excluding tert-OH is 1. The number of likely N-dealkylation sites (N-methyl/N-ethyl adjacent to an activating group) is 1. The zero-order valence-corrected chi connectivity index (χ0v) is 23.1. The number of aliphatic hydroxyl groups is 2. The molecule has 2 aliphatic rings. The van der Waals surface area contributed by atoms with Gasteiger partial charge < -0.3 is 30.5 Å². The van der Waals surface area contributed by atoms with Crippen LogP contribution in [-0.2, 0) is 10.3 Å². The number of ether oxygens (including phenoxy) is 1. The summed E-state index contributed by atoms with van der Waals surface area (Å²) in [7, 11) is 3.52. The SMILES string of the molecule is CNCC(CC1CCC(O)CC1)NC(=O)N1CCCC(C(O)(CCCCOC)c2cccc(Cl)c2F)C1. The van der Waals surface area contributed by atoms with E-state index in [1.807, 2.05) is 7.05 Å². The van der Waals surface area contributed by atoms with Crippen LogP contribution in [0.5, 0.6) is 0 Å². The number of hydrogen-bond acceptors (Lipinski definition) is 5. The number of hydrogen-bond donors (Lipinski definition) is 4. The molecule has 4 N–H and O–H groups in total. The van der Waals surface area contributed by atoms with E-state index in [4.69, 9.17) is 16.3 Å². The molecule has 0 spiro atoms. The van der Waals surface area contributed by atoms with Gasteiger partial charge in [-0.05, 0) is 83.2 Å². The second kappa shape index (κ2) is 14.6. The molecule has 1 heterocycles. The Kier molecular flexibility index (Phi) is 11.9. The summed E-state index contributed by atoms with van der Waals surface area (Å²) >= 11 is 6.10. The molecule has 1 aliphatic carbocycles. The van der Waals surface area contributed by atoms with Crippen LogP contribution in [0, 0.1) is 17.7 Å². The van der Waals surface area contributed by atoms with Gasteiger partial charge in [0.2, 0.25) is 0 Å². The number of carbonyl (C=O) groups excluding carboxylic acids is 1. The number of piperidine rings is 1. The predicted molar refractivity (Wildman–Crippen MR) is 144 cm³/mol. The van der Waals surface area contributed by atoms with Crippen LogP contribution < -0.4 is 10.6 Å². The maximum Gasteiger partial charge on any atom is 0.317 e. The standard InChI is InChI=1S/C28H45ClFN3O4/c1-31-18-22(17-20-10-12-23(34)13-11-20)32-27(35)33-15-6-7-21(19-33)28(36,14-3-4-16-37-2)24-8-5-9-25(29)26(24)30/h5,8-9,20-23,31,34,36H,3-4,6-7,10-19H2,1-2H3,(H,32,35). The fourth-order valence-corrected chi connectivity index (χ4v) is 6.25. The van der Waals surface area contributed by atoms with E-state index in [0.29, 0.717) is 51.4 Å². The Morgan fingerprint density at radius 2 is 2.03 bits per heavy atom. The zero-order chi connectivity index (χ0) is 26.8. The van der Waals surface area contributed by atoms with E-state index in [9.17, 15) is 15.0 Å². The fourth-order valence-electron chi connectivity index (χ4n) is 6.08. The average molecular weight is 542 g/mol. The van der Waals surface area contributed by atoms with Crippen molar-refractivity contribution in [1.29, 1.82) is 0 Å². The van der Waals surface area contributed by atoms with E-state index >= 15 is 4.39 Å². The first-order valence-corrected chi connectivity index (χ1v) is 14.2. The number of rotatable bonds is 12. The largest absolute Gasteiger partial charge is 0.393 e. The monoisotopic (exact) mass is 541 g/mol. The van der Waals surface area contributed by atoms with E-state index in [0.717, 1.165) is 44.9 Å². The highest BCUT2D eigenvalue weighted by Gasteiger charge is 2.43. The molecular formula is C28H45ClFN3O4. The van der Waals surface area contributed by atoms with E-state index < -0.39 is 11.4 Å². The van der Waals surface area contributed by atoms with Gasteiger partial charge in [0.15, 0.2) is 0 Å². The summed E-state index contributed by atoms with van der Waals surface area (Å²) in [5.74, 6) is -0.420. The second-order valence-electron chi connectivity index (χ2n) is 10.9. The van der Waals surface area contributed by atoms with Gasteiger partial charge in [0.1, 0.15) is 5.82 Å². The van der Waals surface area contributed by atoms with Gasteiger partial charge >= 0.3 is 6.03 Å². The van der Waals surface area contributed by atoms with Crippen molar-refractivity contribution >= 4 is 17.6 Å². The summed E-state index contributed by atoms with van der Waals surface area (Å²) in [5.41, 5.74) is -1.23. The van der Waals surface area contributed by atoms with Crippen molar-refractivity contribution in [3.05, 3.63) is 34.6 Å². The number of nitrogens with zero attached hydrogens (tertiary/aromatic N) is 1. The van der Waals surface area contributed by atoms with Gasteiger partial charge in [-0.3, -0.25) is 0 Å². The Balaban J connectivity index is 1.70. The predicted octanol–water partition coefficient (Wildman–Crippen LogP) is 4.43. The Hall–Kier alpha value is -1.45. The van der Waals surface area contributed by atoms with Gasteiger partial charge in [0, 0.05) is 50.9 Å². The molecule has 1 aliphatic heterocycles. The van der Waals surface area contributed by atoms with Crippen molar-refractivity contribution < 1.29 is 24.1 Å². The highest BCUT2D eigenvalue weighted by atomic mass is 35.5. The van der Waals surface area contributed by atoms with E-state index in [1.165, 1.54) is 6.07 Å². The summed E-state index contributed by atoms with van der Waals surface area (Å²) in [4.78, 5) is 15.1. The average Bonchev–Trinajstić information content (AvgIpc) is 2.89. The normalized spacial score (nSPS) is 24.9. The highest BCUT2D eigenvalue weighted by molar-refractivity contribution is 6.30. The fraction of sp³-hybridized carbons (Fsp3) is 0.750. The molecular weight excluding hydrogens is 497 g/mol. The number of nitrogens with one attached hydrogen (secondary N) is 2. The Morgan fingerprint density at radius 3 is 2.73 bits per heavy atom. The lowest BCUT2D eigenvalue weighted by atomic mass is 9.74. The molecule has 1 aromatic carbocycles. The lowest BCUT2D eigenvalue weighted by Gasteiger charge is -2.43. The molecule has 3 rings (SSSR count). The summed E-state index contributed by atoms with van der Waals surface area (Å²) in [6, 6.07) is 4.60. The van der Waals surface area contributed by atoms with Crippen molar-refractivity contribution in [2.24, 2.45) is 11.8 Å². The Labute approximate surface area is 226 Å². The number of amides is 2. The molecule has 1 saturated heterocycles. The van der Waals surface area contributed by atoms with Crippen LogP contribution in [0.25, 0.3) is 0 Å². The van der Waals surface area contributed by atoms with Crippen molar-refractivity contribution in [2.45, 2.75) is 82.0 Å². The van der Waals surface area contributed by atoms with Crippen LogP contribution in [0.15, 0.2) is 18.2 Å². The van der Waals surface area contributed by atoms with E-state index in [2.05, 4.69) is 10.6 Å². The molecule has 0 bridgehead atoms. The smallest absolute Gasteiger partial charge is 0.317 e. The first-order chi connectivity index (χ1) is 17.8. The minimum atomic E-state index is -1.44. The third-order valence-electron chi connectivity index (χ3n) is 8.17. The molecule has 1 saturated carbocycles. The number of methoxy groups -OCH3 is 1. The van der Waals surface area contributed by atoms with Gasteiger partial charge in [0.05, 0.1) is 16.7 Å². The van der Waals surface area contributed by atoms with Crippen LogP contribution in [0.2, 0.25) is 5.02 Å². The van der Waals surface area contributed by atoms with Crippen LogP contribution in [-0.4, -0.2) is 73.7 Å². The minimum absolute atomic E-state index is 0.0108. The molecule has 37 heavy (non-hydrogen) atoms. The van der Waals surface area contributed by atoms with Crippen LogP contribution in [0.1, 0.15) is 69.8 Å². The summed E-state index contributed by atoms with van der Waals surface area (Å²) < 4.78 is 20.3. The van der Waals surface area contributed by atoms with Gasteiger partial charge in [-0.2, -0.15) is 0 Å². The maximum atomic E-state index is 15.2. The molecule has 3 atom stereocenters. The summed E-state index contributed by atoms with van der Waals surface area (Å²) in [5, 5.41) is 28.2. The zero-order valence-electron chi connectivity index (χ0n) is 22.4. The van der Waals surface area contributed by atoms with Gasteiger partial charge in [0.25, 0.3) is 0 Å². The number of urea groups is 1. The van der Waals surface area contributed by atoms with Crippen molar-refractivity contribution in [3.8, 4) is 0 Å². The molecule has 2 amide bonds. The molecule has 9 heteroatoms. The second-order valence-corrected chi connectivity index (χ2v) is 11.3. The topological polar surface area (TPSA) is 94.1 Å². The van der Waals surface area contributed by atoms with Crippen molar-refractivity contribution in [3.63, 3.8) is 0 Å². The molecule has 210 valence electrons. The third-order valence-corrected chi connectivity index (χ3v) is 8.46. The Bertz CT molecular complexity index is 855. The first kappa shape index (κ1) is 30.1. The summed E-state index contributed by atoms with van der Waals surface area (Å²) in [6.07, 6.45) is 7.48. The maximum absolute atomic E-state index is 15.2. The van der Waals surface area contributed by atoms with Crippen molar-refractivity contribution in [1.82, 2.24) is 15.5 Å². The van der Waals surface area contributed by atoms with Crippen molar-refractivity contribution in [2.75, 3.05) is 40.4 Å². The molecule has 0 aromatic heterocycles. The van der Waals surface area contributed by atoms with Crippen LogP contribution in [0.4, 0.5) is 9.18 Å². The Morgan fingerprint density at radius 1 is 1.27 bits per heavy atom. The third kappa shape index (κ3) is 8.27. The lowest BCUT2D eigenvalue weighted by molar-refractivity contribution is -0.0587. The lowest BCUT2D eigenvalue weighted by Crippen LogP contribution is -2.54. The van der Waals surface area contributed by atoms with Gasteiger partial charge in [-0.15, -0.1) is 0 Å². The minimum Gasteiger partial charge on any atom is -0.393 e. The quantitative estimate of drug-likeness (QED) is 0.294. The van der Waals surface area contributed by atoms with E-state index in [1.54, 1.807) is 24.1 Å². The molecule has 7 nitrogen and oxygen atoms in total. The molecule has 0 radical (unpaired) electrons. The molecule has 3 unspecified atom stereocenters. The van der Waals surface area contributed by atoms with Crippen LogP contribution >= 0.6 is 11.6 Å². The number of likely N-dealkylation sites (tertiary alicyclic amines) is 1. The number of halogens is 2.